The lowest BCUT2D eigenvalue weighted by molar-refractivity contribution is -0.386. The van der Waals surface area contributed by atoms with Crippen LogP contribution < -0.4 is 4.74 Å². The molecule has 0 aliphatic rings. The number of hydrogen-bond donors (Lipinski definition) is 0. The number of aromatic nitrogens is 2. The molecule has 0 fully saturated rings. The van der Waals surface area contributed by atoms with Gasteiger partial charge in [-0.25, -0.2) is 8.69 Å². The van der Waals surface area contributed by atoms with Crippen LogP contribution in [0.3, 0.4) is 0 Å². The van der Waals surface area contributed by atoms with E-state index in [-0.39, 0.29) is 17.3 Å². The summed E-state index contributed by atoms with van der Waals surface area (Å²) in [5.74, 6) is 1.65. The first-order valence-electron chi connectivity index (χ1n) is 6.70. The second-order valence-electron chi connectivity index (χ2n) is 4.07. The lowest BCUT2D eigenvalue weighted by Crippen LogP contribution is -2.20. The summed E-state index contributed by atoms with van der Waals surface area (Å²) in [7, 11) is 1.33. The lowest BCUT2D eigenvalue weighted by atomic mass is 10.3. The van der Waals surface area contributed by atoms with E-state index in [4.69, 9.17) is 17.0 Å². The largest absolute Gasteiger partial charge is 0.476 e. The summed E-state index contributed by atoms with van der Waals surface area (Å²) in [6, 6.07) is 0. The number of ether oxygens (including phenoxy) is 1. The van der Waals surface area contributed by atoms with Crippen molar-refractivity contribution in [3.63, 3.8) is 0 Å². The molecule has 22 heavy (non-hydrogen) atoms. The fourth-order valence-electron chi connectivity index (χ4n) is 1.42. The molecule has 0 radical (unpaired) electrons. The van der Waals surface area contributed by atoms with Crippen LogP contribution in [0.1, 0.15) is 32.4 Å². The summed E-state index contributed by atoms with van der Waals surface area (Å²) in [6.07, 6.45) is 3.18. The van der Waals surface area contributed by atoms with Crippen molar-refractivity contribution in [2.75, 3.05) is 18.6 Å². The molecule has 0 unspecified atom stereocenters. The molecule has 1 aromatic rings. The molecule has 0 saturated carbocycles. The molecule has 1 aromatic heterocycles. The van der Waals surface area contributed by atoms with Crippen LogP contribution in [0.25, 0.3) is 0 Å². The smallest absolute Gasteiger partial charge is 0.359 e. The van der Waals surface area contributed by atoms with Gasteiger partial charge < -0.3 is 4.74 Å². The van der Waals surface area contributed by atoms with Crippen LogP contribution in [0, 0.1) is 10.1 Å². The van der Waals surface area contributed by atoms with Gasteiger partial charge in [-0.3, -0.25) is 10.1 Å². The Morgan fingerprint density at radius 3 is 2.41 bits per heavy atom. The maximum absolute atomic E-state index is 11.3. The Balaban J connectivity index is 3.14. The van der Waals surface area contributed by atoms with E-state index in [0.717, 1.165) is 24.3 Å². The fourth-order valence-corrected chi connectivity index (χ4v) is 3.74. The van der Waals surface area contributed by atoms with Gasteiger partial charge in [0.05, 0.1) is 12.0 Å². The molecule has 0 spiro atoms. The Morgan fingerprint density at radius 2 is 1.95 bits per heavy atom. The number of thiocarbonyl (C=S) groups is 1. The predicted octanol–water partition coefficient (Wildman–Crippen LogP) is 3.49. The van der Waals surface area contributed by atoms with E-state index in [9.17, 15) is 10.1 Å². The molecule has 7 nitrogen and oxygen atoms in total. The Bertz CT molecular complexity index is 522. The van der Waals surface area contributed by atoms with Crippen molar-refractivity contribution in [2.45, 2.75) is 26.7 Å². The zero-order valence-corrected chi connectivity index (χ0v) is 15.1. The summed E-state index contributed by atoms with van der Waals surface area (Å²) < 4.78 is 6.77. The van der Waals surface area contributed by atoms with E-state index in [1.165, 1.54) is 37.3 Å². The summed E-state index contributed by atoms with van der Waals surface area (Å²) in [6.45, 7) is 4.13. The van der Waals surface area contributed by atoms with E-state index in [1.54, 1.807) is 0 Å². The van der Waals surface area contributed by atoms with Crippen LogP contribution in [0.2, 0.25) is 0 Å². The molecule has 0 atom stereocenters. The number of nitro groups is 1. The third-order valence-electron chi connectivity index (χ3n) is 2.36. The van der Waals surface area contributed by atoms with E-state index in [2.05, 4.69) is 23.8 Å². The van der Waals surface area contributed by atoms with Crippen molar-refractivity contribution < 1.29 is 9.66 Å². The van der Waals surface area contributed by atoms with Gasteiger partial charge in [0.2, 0.25) is 0 Å². The van der Waals surface area contributed by atoms with E-state index < -0.39 is 4.92 Å². The molecular formula is C12H18N4O3S3. The molecule has 0 saturated heterocycles. The van der Waals surface area contributed by atoms with Gasteiger partial charge in [0, 0.05) is 11.5 Å². The second-order valence-corrected chi connectivity index (χ2v) is 6.75. The normalized spacial score (nSPS) is 10.3. The van der Waals surface area contributed by atoms with Crippen molar-refractivity contribution in [1.82, 2.24) is 13.7 Å². The van der Waals surface area contributed by atoms with Crippen LogP contribution in [0.15, 0.2) is 6.33 Å². The highest BCUT2D eigenvalue weighted by Crippen LogP contribution is 2.32. The van der Waals surface area contributed by atoms with Gasteiger partial charge in [0.25, 0.3) is 5.88 Å². The molecule has 0 aromatic carbocycles. The summed E-state index contributed by atoms with van der Waals surface area (Å²) in [5, 5.41) is 11.3. The first kappa shape index (κ1) is 18.9. The highest BCUT2D eigenvalue weighted by Gasteiger charge is 2.29. The highest BCUT2D eigenvalue weighted by atomic mass is 32.2. The molecule has 0 N–H and O–H groups in total. The van der Waals surface area contributed by atoms with Gasteiger partial charge in [0.1, 0.15) is 6.33 Å². The number of methoxy groups -OCH3 is 1. The van der Waals surface area contributed by atoms with Crippen molar-refractivity contribution in [3.8, 4) is 5.88 Å². The minimum Gasteiger partial charge on any atom is -0.476 e. The molecule has 10 heteroatoms. The molecule has 0 bridgehead atoms. The Kier molecular flexibility index (Phi) is 8.43. The lowest BCUT2D eigenvalue weighted by Gasteiger charge is -2.21. The molecule has 0 amide bonds. The average Bonchev–Trinajstić information content (AvgIpc) is 2.53. The number of rotatable bonds is 9. The van der Waals surface area contributed by atoms with Crippen molar-refractivity contribution in [1.29, 1.82) is 0 Å². The van der Waals surface area contributed by atoms with Crippen molar-refractivity contribution in [2.24, 2.45) is 0 Å². The third-order valence-corrected chi connectivity index (χ3v) is 5.61. The summed E-state index contributed by atoms with van der Waals surface area (Å²) >= 11 is 8.48. The SMILES string of the molecule is CCCSN(SCCC)C(=S)c1ncnc(OC)c1[N+](=O)[O-]. The molecule has 0 aliphatic heterocycles. The molecule has 122 valence electrons. The number of nitrogens with zero attached hydrogens (tertiary/aromatic N) is 4. The molecule has 1 heterocycles. The third kappa shape index (κ3) is 4.96. The van der Waals surface area contributed by atoms with Crippen LogP contribution in [-0.4, -0.2) is 42.2 Å². The van der Waals surface area contributed by atoms with Crippen LogP contribution in [-0.2, 0) is 0 Å². The maximum Gasteiger partial charge on any atom is 0.359 e. The van der Waals surface area contributed by atoms with Crippen molar-refractivity contribution in [3.05, 3.63) is 22.1 Å². The quantitative estimate of drug-likeness (QED) is 0.284. The van der Waals surface area contributed by atoms with Gasteiger partial charge in [-0.1, -0.05) is 26.1 Å². The Hall–Kier alpha value is -1.13. The number of hydrogen-bond acceptors (Lipinski definition) is 8. The Morgan fingerprint density at radius 1 is 1.36 bits per heavy atom. The first-order chi connectivity index (χ1) is 10.6. The van der Waals surface area contributed by atoms with Gasteiger partial charge in [0.15, 0.2) is 10.7 Å². The van der Waals surface area contributed by atoms with Gasteiger partial charge in [-0.05, 0) is 36.7 Å². The van der Waals surface area contributed by atoms with Crippen molar-refractivity contribution >= 4 is 46.8 Å². The maximum atomic E-state index is 11.3. The minimum absolute atomic E-state index is 0.0849. The van der Waals surface area contributed by atoms with E-state index in [0.29, 0.717) is 4.99 Å². The predicted molar refractivity (Wildman–Crippen MR) is 94.3 cm³/mol. The van der Waals surface area contributed by atoms with E-state index >= 15 is 0 Å². The highest BCUT2D eigenvalue weighted by molar-refractivity contribution is 8.13. The summed E-state index contributed by atoms with van der Waals surface area (Å²) in [4.78, 5) is 18.8. The molecule has 1 rings (SSSR count). The standard InChI is InChI=1S/C12H18N4O3S3/c1-4-6-21-16(22-7-5-2)12(20)9-10(15(17)18)11(19-3)14-8-13-9/h8H,4-7H2,1-3H3. The van der Waals surface area contributed by atoms with Gasteiger partial charge in [-0.15, -0.1) is 0 Å². The fraction of sp³-hybridized carbons (Fsp3) is 0.583. The molecular weight excluding hydrogens is 344 g/mol. The monoisotopic (exact) mass is 362 g/mol. The zero-order valence-electron chi connectivity index (χ0n) is 12.6. The Labute approximate surface area is 143 Å². The first-order valence-corrected chi connectivity index (χ1v) is 8.99. The van der Waals surface area contributed by atoms with Gasteiger partial charge in [-0.2, -0.15) is 4.98 Å². The average molecular weight is 363 g/mol. The zero-order chi connectivity index (χ0) is 16.5. The van der Waals surface area contributed by atoms with E-state index in [1.807, 2.05) is 3.71 Å². The van der Waals surface area contributed by atoms with Crippen LogP contribution >= 0.6 is 36.1 Å². The van der Waals surface area contributed by atoms with Crippen LogP contribution in [0.4, 0.5) is 5.69 Å². The minimum atomic E-state index is -0.562. The molecule has 0 aliphatic carbocycles. The van der Waals surface area contributed by atoms with Gasteiger partial charge >= 0.3 is 5.69 Å². The topological polar surface area (TPSA) is 81.4 Å². The summed E-state index contributed by atoms with van der Waals surface area (Å²) in [5.41, 5.74) is -0.187. The second kappa shape index (κ2) is 9.80. The van der Waals surface area contributed by atoms with Crippen LogP contribution in [0.5, 0.6) is 5.88 Å².